The summed E-state index contributed by atoms with van der Waals surface area (Å²) in [4.78, 5) is 36.9. The molecular weight excluding hydrogens is 550 g/mol. The van der Waals surface area contributed by atoms with Gasteiger partial charge in [0.25, 0.3) is 5.91 Å². The molecule has 0 bridgehead atoms. The van der Waals surface area contributed by atoms with Crippen LogP contribution in [0.2, 0.25) is 0 Å². The summed E-state index contributed by atoms with van der Waals surface area (Å²) >= 11 is 0. The van der Waals surface area contributed by atoms with Crippen molar-refractivity contribution in [1.82, 2.24) is 14.7 Å². The third-order valence-electron chi connectivity index (χ3n) is 8.16. The number of sulfonamides is 1. The highest BCUT2D eigenvalue weighted by molar-refractivity contribution is 7.89. The van der Waals surface area contributed by atoms with Crippen LogP contribution in [0.3, 0.4) is 0 Å². The van der Waals surface area contributed by atoms with Crippen LogP contribution in [-0.4, -0.2) is 30.2 Å². The first-order valence-corrected chi connectivity index (χ1v) is 15.7. The molecule has 0 unspecified atom stereocenters. The van der Waals surface area contributed by atoms with E-state index < -0.39 is 21.7 Å². The normalized spacial score (nSPS) is 16.4. The van der Waals surface area contributed by atoms with Crippen LogP contribution in [0.4, 0.5) is 5.69 Å². The van der Waals surface area contributed by atoms with E-state index in [1.54, 1.807) is 35.2 Å². The molecule has 2 saturated carbocycles. The third kappa shape index (κ3) is 4.80. The lowest BCUT2D eigenvalue weighted by molar-refractivity contribution is -0.118. The fourth-order valence-corrected chi connectivity index (χ4v) is 7.23. The number of hydrogen-bond acceptors (Lipinski definition) is 7. The molecule has 3 heterocycles. The van der Waals surface area contributed by atoms with Gasteiger partial charge in [-0.15, -0.1) is 0 Å². The first kappa shape index (κ1) is 26.3. The standard InChI is InChI=1S/C32H27N5O4S/c33-16-22-14-19(18-42(40,41)36-27(38)15-23-4-1-2-12-34-23)6-11-26(22)37-17-25-29(21-9-10-21)31-24(5-3-13-35-31)28(20-7-8-20)30(25)32(37)39/h1-6,11-14,20-21H,7-10,15,17-18H2,(H,36,38). The van der Waals surface area contributed by atoms with Crippen molar-refractivity contribution in [2.24, 2.45) is 0 Å². The van der Waals surface area contributed by atoms with Gasteiger partial charge in [0.15, 0.2) is 0 Å². The number of nitrogens with one attached hydrogen (secondary N) is 1. The van der Waals surface area contributed by atoms with Gasteiger partial charge >= 0.3 is 0 Å². The number of fused-ring (bicyclic) bond motifs is 2. The Morgan fingerprint density at radius 1 is 1.00 bits per heavy atom. The molecule has 3 aliphatic rings. The minimum atomic E-state index is -4.03. The van der Waals surface area contributed by atoms with Crippen molar-refractivity contribution in [1.29, 1.82) is 5.26 Å². The van der Waals surface area contributed by atoms with Crippen molar-refractivity contribution < 1.29 is 18.0 Å². The molecule has 1 aliphatic heterocycles. The van der Waals surface area contributed by atoms with Gasteiger partial charge in [-0.05, 0) is 90.1 Å². The molecule has 4 aromatic rings. The Morgan fingerprint density at radius 3 is 2.48 bits per heavy atom. The summed E-state index contributed by atoms with van der Waals surface area (Å²) in [5.74, 6) is -0.588. The maximum Gasteiger partial charge on any atom is 0.259 e. The predicted octanol–water partition coefficient (Wildman–Crippen LogP) is 4.61. The maximum absolute atomic E-state index is 14.1. The van der Waals surface area contributed by atoms with E-state index in [1.165, 1.54) is 12.3 Å². The second-order valence-corrected chi connectivity index (χ2v) is 13.0. The molecule has 2 amide bonds. The number of amides is 2. The van der Waals surface area contributed by atoms with Crippen molar-refractivity contribution in [2.45, 2.75) is 56.2 Å². The zero-order valence-electron chi connectivity index (χ0n) is 22.7. The molecule has 2 aliphatic carbocycles. The van der Waals surface area contributed by atoms with Crippen molar-refractivity contribution in [3.05, 3.63) is 100.0 Å². The van der Waals surface area contributed by atoms with Crippen LogP contribution in [0.25, 0.3) is 10.9 Å². The zero-order valence-corrected chi connectivity index (χ0v) is 23.5. The molecule has 210 valence electrons. The summed E-state index contributed by atoms with van der Waals surface area (Å²) in [7, 11) is -4.03. The number of aromatic nitrogens is 2. The van der Waals surface area contributed by atoms with Gasteiger partial charge in [-0.1, -0.05) is 18.2 Å². The fourth-order valence-electron chi connectivity index (χ4n) is 6.12. The Balaban J connectivity index is 1.18. The van der Waals surface area contributed by atoms with Crippen molar-refractivity contribution in [3.8, 4) is 6.07 Å². The van der Waals surface area contributed by atoms with E-state index in [0.717, 1.165) is 58.8 Å². The van der Waals surface area contributed by atoms with Crippen LogP contribution in [-0.2, 0) is 33.5 Å². The fraction of sp³-hybridized carbons (Fsp3) is 0.281. The molecule has 0 saturated heterocycles. The molecule has 2 aromatic heterocycles. The average Bonchev–Trinajstić information content (AvgIpc) is 3.90. The highest BCUT2D eigenvalue weighted by Gasteiger charge is 2.43. The Morgan fingerprint density at radius 2 is 1.76 bits per heavy atom. The van der Waals surface area contributed by atoms with Crippen molar-refractivity contribution >= 4 is 38.4 Å². The van der Waals surface area contributed by atoms with E-state index in [9.17, 15) is 23.3 Å². The van der Waals surface area contributed by atoms with Crippen LogP contribution in [0.15, 0.2) is 60.9 Å². The van der Waals surface area contributed by atoms with Gasteiger partial charge in [-0.2, -0.15) is 5.26 Å². The molecule has 2 aromatic carbocycles. The van der Waals surface area contributed by atoms with E-state index in [2.05, 4.69) is 21.8 Å². The van der Waals surface area contributed by atoms with Crippen LogP contribution < -0.4 is 9.62 Å². The number of benzene rings is 2. The summed E-state index contributed by atoms with van der Waals surface area (Å²) < 4.78 is 27.6. The quantitative estimate of drug-likeness (QED) is 0.323. The van der Waals surface area contributed by atoms with Crippen LogP contribution in [0.1, 0.15) is 81.4 Å². The van der Waals surface area contributed by atoms with Gasteiger partial charge in [0.05, 0.1) is 35.5 Å². The summed E-state index contributed by atoms with van der Waals surface area (Å²) in [5, 5.41) is 11.1. The van der Waals surface area contributed by atoms with E-state index >= 15 is 0 Å². The lowest BCUT2D eigenvalue weighted by Gasteiger charge is -2.18. The van der Waals surface area contributed by atoms with Gasteiger partial charge in [-0.25, -0.2) is 8.42 Å². The van der Waals surface area contributed by atoms with Gasteiger partial charge in [0.1, 0.15) is 6.07 Å². The molecule has 1 N–H and O–H groups in total. The summed E-state index contributed by atoms with van der Waals surface area (Å²) in [5.41, 5.74) is 6.43. The summed E-state index contributed by atoms with van der Waals surface area (Å²) in [6, 6.07) is 15.9. The van der Waals surface area contributed by atoms with Gasteiger partial charge in [0.2, 0.25) is 15.9 Å². The van der Waals surface area contributed by atoms with Gasteiger partial charge < -0.3 is 4.90 Å². The molecule has 7 rings (SSSR count). The number of rotatable bonds is 8. The number of carbonyl (C=O) groups is 2. The number of pyridine rings is 2. The molecule has 2 fully saturated rings. The predicted molar refractivity (Wildman–Crippen MR) is 156 cm³/mol. The first-order chi connectivity index (χ1) is 20.3. The Hall–Kier alpha value is -4.62. The number of carbonyl (C=O) groups excluding carboxylic acids is 2. The van der Waals surface area contributed by atoms with Crippen LogP contribution in [0, 0.1) is 11.3 Å². The largest absolute Gasteiger partial charge is 0.303 e. The van der Waals surface area contributed by atoms with Crippen molar-refractivity contribution in [3.63, 3.8) is 0 Å². The van der Waals surface area contributed by atoms with Gasteiger partial charge in [0, 0.05) is 29.0 Å². The van der Waals surface area contributed by atoms with E-state index in [1.807, 2.05) is 12.3 Å². The Kier molecular flexibility index (Phi) is 6.28. The molecule has 0 spiro atoms. The lowest BCUT2D eigenvalue weighted by atomic mass is 9.88. The Labute approximate surface area is 243 Å². The number of nitrogens with zero attached hydrogens (tertiary/aromatic N) is 4. The van der Waals surface area contributed by atoms with E-state index in [-0.39, 0.29) is 17.9 Å². The topological polar surface area (TPSA) is 133 Å². The molecule has 10 heteroatoms. The summed E-state index contributed by atoms with van der Waals surface area (Å²) in [6.45, 7) is 0.349. The highest BCUT2D eigenvalue weighted by atomic mass is 32.2. The smallest absolute Gasteiger partial charge is 0.259 e. The second kappa shape index (κ2) is 10.0. The molecule has 0 radical (unpaired) electrons. The average molecular weight is 578 g/mol. The molecular formula is C32H27N5O4S. The van der Waals surface area contributed by atoms with E-state index in [0.29, 0.717) is 35.3 Å². The highest BCUT2D eigenvalue weighted by Crippen LogP contribution is 2.53. The SMILES string of the molecule is N#Cc1cc(CS(=O)(=O)NC(=O)Cc2ccccn2)ccc1N1Cc2c(c(C3CC3)c3cccnc3c2C2CC2)C1=O. The molecule has 9 nitrogen and oxygen atoms in total. The lowest BCUT2D eigenvalue weighted by Crippen LogP contribution is -2.33. The minimum absolute atomic E-state index is 0.127. The monoisotopic (exact) mass is 577 g/mol. The molecule has 0 atom stereocenters. The zero-order chi connectivity index (χ0) is 29.0. The maximum atomic E-state index is 14.1. The number of anilines is 1. The second-order valence-electron chi connectivity index (χ2n) is 11.3. The number of nitriles is 1. The van der Waals surface area contributed by atoms with Gasteiger partial charge in [-0.3, -0.25) is 24.3 Å². The van der Waals surface area contributed by atoms with Crippen LogP contribution in [0.5, 0.6) is 0 Å². The molecule has 42 heavy (non-hydrogen) atoms. The number of hydrogen-bond donors (Lipinski definition) is 1. The Bertz CT molecular complexity index is 1930. The third-order valence-corrected chi connectivity index (χ3v) is 9.41. The minimum Gasteiger partial charge on any atom is -0.303 e. The summed E-state index contributed by atoms with van der Waals surface area (Å²) in [6.07, 6.45) is 7.39. The first-order valence-electron chi connectivity index (χ1n) is 14.0. The van der Waals surface area contributed by atoms with Crippen molar-refractivity contribution in [2.75, 3.05) is 4.90 Å². The van der Waals surface area contributed by atoms with Crippen LogP contribution >= 0.6 is 0 Å². The van der Waals surface area contributed by atoms with E-state index in [4.69, 9.17) is 4.98 Å².